The number of ether oxygens (including phenoxy) is 1. The zero-order valence-corrected chi connectivity index (χ0v) is 11.6. The Morgan fingerprint density at radius 3 is 2.62 bits per heavy atom. The lowest BCUT2D eigenvalue weighted by Gasteiger charge is -2.34. The molecule has 2 heterocycles. The quantitative estimate of drug-likeness (QED) is 0.814. The number of hydrogen-bond acceptors (Lipinski definition) is 5. The third-order valence-electron chi connectivity index (χ3n) is 3.03. The van der Waals surface area contributed by atoms with Crippen LogP contribution in [0.15, 0.2) is 12.1 Å². The summed E-state index contributed by atoms with van der Waals surface area (Å²) in [5.74, 6) is -0.0212. The number of hydrogen-bond donors (Lipinski definition) is 0. The minimum absolute atomic E-state index is 0.0375. The molecular weight excluding hydrogens is 289 g/mol. The molecule has 0 N–H and O–H groups in total. The second kappa shape index (κ2) is 5.84. The summed E-state index contributed by atoms with van der Waals surface area (Å²) >= 11 is 0. The van der Waals surface area contributed by atoms with E-state index >= 15 is 0 Å². The molecule has 2 rings (SSSR count). The molecule has 0 bridgehead atoms. The van der Waals surface area contributed by atoms with Gasteiger partial charge in [0.15, 0.2) is 17.6 Å². The van der Waals surface area contributed by atoms with Crippen molar-refractivity contribution < 1.29 is 22.7 Å². The molecule has 1 aliphatic heterocycles. The number of morpholine rings is 1. The largest absolute Gasteiger partial charge is 0.416 e. The Labute approximate surface area is 119 Å². The number of alkyl halides is 3. The van der Waals surface area contributed by atoms with Gasteiger partial charge < -0.3 is 14.5 Å². The Bertz CT molecular complexity index is 504. The number of nitrogens with zero attached hydrogens (tertiary/aromatic N) is 4. The van der Waals surface area contributed by atoms with Gasteiger partial charge in [0.1, 0.15) is 0 Å². The van der Waals surface area contributed by atoms with Crippen LogP contribution < -0.4 is 4.90 Å². The number of carbonyl (C=O) groups excluding carboxylic acids is 1. The summed E-state index contributed by atoms with van der Waals surface area (Å²) in [4.78, 5) is 14.4. The second-order valence-corrected chi connectivity index (χ2v) is 4.82. The molecule has 0 aromatic carbocycles. The third-order valence-corrected chi connectivity index (χ3v) is 3.03. The van der Waals surface area contributed by atoms with Crippen LogP contribution in [0.3, 0.4) is 0 Å². The molecule has 1 atom stereocenters. The number of aromatic nitrogens is 2. The highest BCUT2D eigenvalue weighted by atomic mass is 19.4. The smallest absolute Gasteiger partial charge is 0.365 e. The Morgan fingerprint density at radius 2 is 2.10 bits per heavy atom. The first-order valence-electron chi connectivity index (χ1n) is 6.27. The molecule has 9 heteroatoms. The van der Waals surface area contributed by atoms with Crippen LogP contribution in [0.4, 0.5) is 19.0 Å². The summed E-state index contributed by atoms with van der Waals surface area (Å²) in [6.45, 7) is -0.0778. The normalized spacial score (nSPS) is 19.5. The maximum atomic E-state index is 12.7. The molecule has 1 aromatic rings. The van der Waals surface area contributed by atoms with Gasteiger partial charge in [0, 0.05) is 20.6 Å². The van der Waals surface area contributed by atoms with Gasteiger partial charge >= 0.3 is 6.18 Å². The zero-order chi connectivity index (χ0) is 15.6. The van der Waals surface area contributed by atoms with Crippen molar-refractivity contribution in [2.24, 2.45) is 0 Å². The van der Waals surface area contributed by atoms with E-state index in [0.717, 1.165) is 0 Å². The van der Waals surface area contributed by atoms with Crippen molar-refractivity contribution in [2.45, 2.75) is 12.3 Å². The standard InChI is InChI=1S/C12H15F3N4O2/c1-18(2)11(20)8-3-4-10(17-16-8)19-5-6-21-9(7-19)12(13,14)15/h3-4,9H,5-7H2,1-2H3. The lowest BCUT2D eigenvalue weighted by Crippen LogP contribution is -2.49. The molecule has 0 aliphatic carbocycles. The van der Waals surface area contributed by atoms with E-state index in [-0.39, 0.29) is 24.8 Å². The molecule has 1 aromatic heterocycles. The molecule has 6 nitrogen and oxygen atoms in total. The molecule has 1 amide bonds. The van der Waals surface area contributed by atoms with Crippen LogP contribution in [-0.4, -0.2) is 67.1 Å². The molecule has 116 valence electrons. The minimum atomic E-state index is -4.41. The highest BCUT2D eigenvalue weighted by Gasteiger charge is 2.43. The Morgan fingerprint density at radius 1 is 1.38 bits per heavy atom. The van der Waals surface area contributed by atoms with Crippen LogP contribution >= 0.6 is 0 Å². The lowest BCUT2D eigenvalue weighted by molar-refractivity contribution is -0.221. The van der Waals surface area contributed by atoms with E-state index in [2.05, 4.69) is 10.2 Å². The van der Waals surface area contributed by atoms with Crippen LogP contribution in [0.25, 0.3) is 0 Å². The van der Waals surface area contributed by atoms with Crippen LogP contribution in [0.2, 0.25) is 0 Å². The topological polar surface area (TPSA) is 58.6 Å². The number of halogens is 3. The Hall–Kier alpha value is -1.90. The van der Waals surface area contributed by atoms with Crippen molar-refractivity contribution >= 4 is 11.7 Å². The number of carbonyl (C=O) groups is 1. The highest BCUT2D eigenvalue weighted by molar-refractivity contribution is 5.91. The molecule has 21 heavy (non-hydrogen) atoms. The molecule has 1 saturated heterocycles. The van der Waals surface area contributed by atoms with E-state index in [9.17, 15) is 18.0 Å². The molecule has 1 unspecified atom stereocenters. The number of rotatable bonds is 2. The zero-order valence-electron chi connectivity index (χ0n) is 11.6. The minimum Gasteiger partial charge on any atom is -0.365 e. The van der Waals surface area contributed by atoms with E-state index in [1.54, 1.807) is 14.1 Å². The SMILES string of the molecule is CN(C)C(=O)c1ccc(N2CCOC(C(F)(F)F)C2)nn1. The fourth-order valence-electron chi connectivity index (χ4n) is 1.89. The number of anilines is 1. The first-order chi connectivity index (χ1) is 9.79. The van der Waals surface area contributed by atoms with E-state index in [1.807, 2.05) is 0 Å². The summed E-state index contributed by atoms with van der Waals surface area (Å²) in [5, 5.41) is 7.59. The van der Waals surface area contributed by atoms with E-state index in [1.165, 1.54) is 21.9 Å². The van der Waals surface area contributed by atoms with Gasteiger partial charge in [0.2, 0.25) is 0 Å². The summed E-state index contributed by atoms with van der Waals surface area (Å²) in [6.07, 6.45) is -6.25. The predicted octanol–water partition coefficient (Wildman–Crippen LogP) is 0.946. The third kappa shape index (κ3) is 3.60. The van der Waals surface area contributed by atoms with Gasteiger partial charge in [-0.3, -0.25) is 4.79 Å². The fourth-order valence-corrected chi connectivity index (χ4v) is 1.89. The van der Waals surface area contributed by atoms with Crippen LogP contribution in [0, 0.1) is 0 Å². The Balaban J connectivity index is 2.10. The average Bonchev–Trinajstić information content (AvgIpc) is 2.46. The van der Waals surface area contributed by atoms with Gasteiger partial charge in [-0.25, -0.2) is 0 Å². The van der Waals surface area contributed by atoms with Crippen LogP contribution in [-0.2, 0) is 4.74 Å². The Kier molecular flexibility index (Phi) is 4.31. The van der Waals surface area contributed by atoms with Crippen LogP contribution in [0.1, 0.15) is 10.5 Å². The van der Waals surface area contributed by atoms with E-state index in [0.29, 0.717) is 12.4 Å². The van der Waals surface area contributed by atoms with Crippen LogP contribution in [0.5, 0.6) is 0 Å². The number of amides is 1. The van der Waals surface area contributed by atoms with Crippen molar-refractivity contribution in [3.05, 3.63) is 17.8 Å². The van der Waals surface area contributed by atoms with Crippen molar-refractivity contribution in [1.82, 2.24) is 15.1 Å². The highest BCUT2D eigenvalue weighted by Crippen LogP contribution is 2.27. The molecule has 1 fully saturated rings. The lowest BCUT2D eigenvalue weighted by atomic mass is 10.2. The van der Waals surface area contributed by atoms with E-state index in [4.69, 9.17) is 4.74 Å². The van der Waals surface area contributed by atoms with E-state index < -0.39 is 12.3 Å². The predicted molar refractivity (Wildman–Crippen MR) is 68.1 cm³/mol. The van der Waals surface area contributed by atoms with Gasteiger partial charge in [0.25, 0.3) is 5.91 Å². The molecular formula is C12H15F3N4O2. The van der Waals surface area contributed by atoms with Gasteiger partial charge in [-0.2, -0.15) is 13.2 Å². The van der Waals surface area contributed by atoms with Crippen molar-refractivity contribution in [3.8, 4) is 0 Å². The summed E-state index contributed by atoms with van der Waals surface area (Å²) in [6, 6.07) is 2.94. The second-order valence-electron chi connectivity index (χ2n) is 4.82. The van der Waals surface area contributed by atoms with Gasteiger partial charge in [0.05, 0.1) is 13.2 Å². The average molecular weight is 304 g/mol. The maximum Gasteiger partial charge on any atom is 0.416 e. The summed E-state index contributed by atoms with van der Waals surface area (Å²) < 4.78 is 42.7. The fraction of sp³-hybridized carbons (Fsp3) is 0.583. The molecule has 0 radical (unpaired) electrons. The maximum absolute atomic E-state index is 12.7. The molecule has 0 saturated carbocycles. The summed E-state index contributed by atoms with van der Waals surface area (Å²) in [5.41, 5.74) is 0.143. The monoisotopic (exact) mass is 304 g/mol. The van der Waals surface area contributed by atoms with Gasteiger partial charge in [-0.1, -0.05) is 0 Å². The molecule has 1 aliphatic rings. The van der Waals surface area contributed by atoms with Crippen molar-refractivity contribution in [2.75, 3.05) is 38.7 Å². The van der Waals surface area contributed by atoms with Crippen molar-refractivity contribution in [1.29, 1.82) is 0 Å². The van der Waals surface area contributed by atoms with Crippen molar-refractivity contribution in [3.63, 3.8) is 0 Å². The first-order valence-corrected chi connectivity index (χ1v) is 6.27. The van der Waals surface area contributed by atoms with Gasteiger partial charge in [-0.15, -0.1) is 10.2 Å². The first kappa shape index (κ1) is 15.5. The van der Waals surface area contributed by atoms with Gasteiger partial charge in [-0.05, 0) is 12.1 Å². The summed E-state index contributed by atoms with van der Waals surface area (Å²) in [7, 11) is 3.15. The molecule has 0 spiro atoms.